The van der Waals surface area contributed by atoms with Gasteiger partial charge in [-0.05, 0) is 55.3 Å². The average Bonchev–Trinajstić information content (AvgIpc) is 3.48. The largest absolute Gasteiger partial charge is 0.472 e. The van der Waals surface area contributed by atoms with Crippen molar-refractivity contribution in [3.63, 3.8) is 0 Å². The number of carbonyl (C=O) groups excluding carboxylic acids is 1. The monoisotopic (exact) mass is 374 g/mol. The van der Waals surface area contributed by atoms with E-state index in [1.807, 2.05) is 9.58 Å². The molecule has 0 bridgehead atoms. The van der Waals surface area contributed by atoms with Crippen LogP contribution in [-0.4, -0.2) is 75.8 Å². The molecule has 0 spiro atoms. The minimum Gasteiger partial charge on any atom is -0.472 e. The maximum absolute atomic E-state index is 13.0. The second kappa shape index (κ2) is 7.77. The lowest BCUT2D eigenvalue weighted by atomic mass is 9.85. The van der Waals surface area contributed by atoms with Crippen LogP contribution >= 0.6 is 0 Å². The number of carbonyl (C=O) groups is 1. The van der Waals surface area contributed by atoms with Crippen molar-refractivity contribution in [2.24, 2.45) is 0 Å². The van der Waals surface area contributed by atoms with Crippen LogP contribution in [0, 0.1) is 0 Å². The Bertz CT molecular complexity index is 755. The van der Waals surface area contributed by atoms with Gasteiger partial charge in [0.25, 0.3) is 5.91 Å². The molecule has 2 aliphatic rings. The van der Waals surface area contributed by atoms with Gasteiger partial charge in [0.2, 0.25) is 0 Å². The molecule has 9 heteroatoms. The fraction of sp³-hybridized carbons (Fsp3) is 0.667. The van der Waals surface area contributed by atoms with E-state index < -0.39 is 0 Å². The molecule has 4 rings (SSSR count). The second-order valence-electron chi connectivity index (χ2n) is 7.29. The molecule has 2 aromatic heterocycles. The molecule has 9 nitrogen and oxygen atoms in total. The van der Waals surface area contributed by atoms with E-state index in [1.165, 1.54) is 12.5 Å². The van der Waals surface area contributed by atoms with E-state index >= 15 is 0 Å². The summed E-state index contributed by atoms with van der Waals surface area (Å²) in [6, 6.07) is 1.72. The molecule has 1 unspecified atom stereocenters. The Morgan fingerprint density at radius 2 is 2.15 bits per heavy atom. The molecule has 0 aliphatic carbocycles. The molecular formula is C18H26N6O3. The summed E-state index contributed by atoms with van der Waals surface area (Å²) in [5.74, 6) is 0.842. The number of tetrazole rings is 1. The molecule has 1 atom stereocenters. The van der Waals surface area contributed by atoms with Crippen molar-refractivity contribution in [2.75, 3.05) is 39.9 Å². The summed E-state index contributed by atoms with van der Waals surface area (Å²) in [6.45, 7) is 4.48. The molecule has 0 aromatic carbocycles. The van der Waals surface area contributed by atoms with Crippen LogP contribution in [-0.2, 0) is 16.8 Å². The van der Waals surface area contributed by atoms with E-state index in [0.29, 0.717) is 25.3 Å². The summed E-state index contributed by atoms with van der Waals surface area (Å²) >= 11 is 0. The minimum absolute atomic E-state index is 0.00272. The van der Waals surface area contributed by atoms with Crippen molar-refractivity contribution in [1.29, 1.82) is 0 Å². The van der Waals surface area contributed by atoms with E-state index in [0.717, 1.165) is 51.1 Å². The third-order valence-corrected chi connectivity index (χ3v) is 5.69. The average molecular weight is 374 g/mol. The standard InChI is InChI=1S/C18H26N6O3/c1-26-12-10-24-17(19-20-21-24)18(23-8-2-3-9-23)6-4-7-22(14-18)16(25)15-5-11-27-13-15/h5,11,13H,2-4,6-10,12,14H2,1H3. The predicted octanol–water partition coefficient (Wildman–Crippen LogP) is 1.14. The highest BCUT2D eigenvalue weighted by Gasteiger charge is 2.48. The fourth-order valence-corrected chi connectivity index (χ4v) is 4.37. The summed E-state index contributed by atoms with van der Waals surface area (Å²) in [6.07, 6.45) is 7.23. The van der Waals surface area contributed by atoms with Gasteiger partial charge in [-0.1, -0.05) is 0 Å². The highest BCUT2D eigenvalue weighted by molar-refractivity contribution is 5.94. The molecule has 2 aliphatic heterocycles. The van der Waals surface area contributed by atoms with Crippen molar-refractivity contribution in [3.05, 3.63) is 30.0 Å². The van der Waals surface area contributed by atoms with Crippen molar-refractivity contribution >= 4 is 5.91 Å². The highest BCUT2D eigenvalue weighted by atomic mass is 16.5. The number of furan rings is 1. The van der Waals surface area contributed by atoms with Crippen LogP contribution in [0.4, 0.5) is 0 Å². The first-order valence-corrected chi connectivity index (χ1v) is 9.57. The number of ether oxygens (including phenoxy) is 1. The number of aromatic nitrogens is 4. The third-order valence-electron chi connectivity index (χ3n) is 5.69. The number of rotatable bonds is 6. The van der Waals surface area contributed by atoms with Crippen molar-refractivity contribution in [1.82, 2.24) is 30.0 Å². The molecule has 146 valence electrons. The van der Waals surface area contributed by atoms with Gasteiger partial charge in [-0.15, -0.1) is 5.10 Å². The Morgan fingerprint density at radius 3 is 2.89 bits per heavy atom. The van der Waals surface area contributed by atoms with Gasteiger partial charge in [0.15, 0.2) is 5.82 Å². The number of methoxy groups -OCH3 is 1. The van der Waals surface area contributed by atoms with Crippen LogP contribution in [0.3, 0.4) is 0 Å². The molecule has 0 radical (unpaired) electrons. The predicted molar refractivity (Wildman–Crippen MR) is 96.0 cm³/mol. The smallest absolute Gasteiger partial charge is 0.257 e. The van der Waals surface area contributed by atoms with Crippen LogP contribution in [0.1, 0.15) is 41.9 Å². The zero-order valence-electron chi connectivity index (χ0n) is 15.7. The number of amides is 1. The Hall–Kier alpha value is -2.26. The molecule has 2 aromatic rings. The van der Waals surface area contributed by atoms with Gasteiger partial charge < -0.3 is 14.1 Å². The van der Waals surface area contributed by atoms with E-state index in [-0.39, 0.29) is 11.4 Å². The maximum atomic E-state index is 13.0. The normalized spacial score (nSPS) is 23.8. The fourth-order valence-electron chi connectivity index (χ4n) is 4.37. The van der Waals surface area contributed by atoms with Gasteiger partial charge in [-0.3, -0.25) is 9.69 Å². The summed E-state index contributed by atoms with van der Waals surface area (Å²) in [7, 11) is 1.67. The summed E-state index contributed by atoms with van der Waals surface area (Å²) in [5.41, 5.74) is 0.233. The molecule has 2 saturated heterocycles. The molecule has 0 saturated carbocycles. The molecule has 27 heavy (non-hydrogen) atoms. The Morgan fingerprint density at radius 1 is 1.30 bits per heavy atom. The van der Waals surface area contributed by atoms with E-state index in [2.05, 4.69) is 20.4 Å². The van der Waals surface area contributed by atoms with Crippen LogP contribution in [0.25, 0.3) is 0 Å². The van der Waals surface area contributed by atoms with Crippen molar-refractivity contribution in [3.8, 4) is 0 Å². The van der Waals surface area contributed by atoms with Crippen molar-refractivity contribution < 1.29 is 13.9 Å². The van der Waals surface area contributed by atoms with E-state index in [1.54, 1.807) is 13.2 Å². The number of hydrogen-bond acceptors (Lipinski definition) is 7. The summed E-state index contributed by atoms with van der Waals surface area (Å²) in [4.78, 5) is 17.3. The van der Waals surface area contributed by atoms with Gasteiger partial charge in [0.05, 0.1) is 25.0 Å². The lowest BCUT2D eigenvalue weighted by molar-refractivity contribution is 0.0121. The van der Waals surface area contributed by atoms with Gasteiger partial charge in [0, 0.05) is 20.2 Å². The molecular weight excluding hydrogens is 348 g/mol. The maximum Gasteiger partial charge on any atom is 0.257 e. The number of hydrogen-bond donors (Lipinski definition) is 0. The molecule has 1 amide bonds. The van der Waals surface area contributed by atoms with Gasteiger partial charge in [0.1, 0.15) is 11.8 Å². The van der Waals surface area contributed by atoms with Gasteiger partial charge in [-0.25, -0.2) is 4.68 Å². The SMILES string of the molecule is COCCn1nnnc1C1(N2CCCC2)CCCN(C(=O)c2ccoc2)C1. The quantitative estimate of drug-likeness (QED) is 0.749. The Balaban J connectivity index is 1.67. The Labute approximate surface area is 158 Å². The van der Waals surface area contributed by atoms with Gasteiger partial charge >= 0.3 is 0 Å². The van der Waals surface area contributed by atoms with Gasteiger partial charge in [-0.2, -0.15) is 0 Å². The van der Waals surface area contributed by atoms with Crippen LogP contribution in [0.15, 0.2) is 23.0 Å². The zero-order chi connectivity index (χ0) is 18.7. The Kier molecular flexibility index (Phi) is 5.22. The first-order valence-electron chi connectivity index (χ1n) is 9.57. The van der Waals surface area contributed by atoms with Crippen LogP contribution < -0.4 is 0 Å². The topological polar surface area (TPSA) is 89.5 Å². The molecule has 4 heterocycles. The second-order valence-corrected chi connectivity index (χ2v) is 7.29. The summed E-state index contributed by atoms with van der Waals surface area (Å²) in [5, 5.41) is 12.6. The minimum atomic E-state index is -0.356. The number of piperidine rings is 1. The highest BCUT2D eigenvalue weighted by Crippen LogP contribution is 2.38. The van der Waals surface area contributed by atoms with Crippen molar-refractivity contribution in [2.45, 2.75) is 37.8 Å². The first kappa shape index (κ1) is 18.1. The van der Waals surface area contributed by atoms with Crippen LogP contribution in [0.5, 0.6) is 0 Å². The zero-order valence-corrected chi connectivity index (χ0v) is 15.7. The third kappa shape index (κ3) is 3.37. The number of nitrogens with zero attached hydrogens (tertiary/aromatic N) is 6. The lowest BCUT2D eigenvalue weighted by Crippen LogP contribution is -2.58. The first-order chi connectivity index (χ1) is 13.2. The lowest BCUT2D eigenvalue weighted by Gasteiger charge is -2.47. The molecule has 0 N–H and O–H groups in total. The summed E-state index contributed by atoms with van der Waals surface area (Å²) < 4.78 is 12.2. The molecule has 2 fully saturated rings. The van der Waals surface area contributed by atoms with E-state index in [4.69, 9.17) is 9.15 Å². The number of likely N-dealkylation sites (tertiary alicyclic amines) is 2. The van der Waals surface area contributed by atoms with Crippen LogP contribution in [0.2, 0.25) is 0 Å². The van der Waals surface area contributed by atoms with E-state index in [9.17, 15) is 4.79 Å².